The maximum atomic E-state index is 14.7. The summed E-state index contributed by atoms with van der Waals surface area (Å²) in [6.45, 7) is 1.38. The number of nitrogens with zero attached hydrogens (tertiary/aromatic N) is 2. The van der Waals surface area contributed by atoms with Gasteiger partial charge in [0.2, 0.25) is 0 Å². The molecule has 154 valence electrons. The van der Waals surface area contributed by atoms with Crippen LogP contribution < -0.4 is 11.2 Å². The van der Waals surface area contributed by atoms with Crippen LogP contribution in [0.5, 0.6) is 0 Å². The number of hydrogen-bond acceptors (Lipinski definition) is 5. The standard InChI is InChI=1S/C17H11ClF4N2O4S/c1-6-12(9(25)5-29)13-7(18)3-8(19)14(15(13)28-6)24-11(26)4-10(17(20,21)22)23(2)16(24)27/h3-4,29H,5H2,1-2H3. The van der Waals surface area contributed by atoms with Crippen LogP contribution in [0.15, 0.2) is 26.1 Å². The minimum atomic E-state index is -4.98. The van der Waals surface area contributed by atoms with Crippen LogP contribution in [0.4, 0.5) is 17.6 Å². The lowest BCUT2D eigenvalue weighted by Gasteiger charge is -2.14. The van der Waals surface area contributed by atoms with Crippen LogP contribution in [0.2, 0.25) is 5.02 Å². The molecule has 0 atom stereocenters. The minimum Gasteiger partial charge on any atom is -0.458 e. The van der Waals surface area contributed by atoms with E-state index in [0.717, 1.165) is 13.1 Å². The molecule has 0 N–H and O–H groups in total. The first-order valence-electron chi connectivity index (χ1n) is 7.86. The fraction of sp³-hybridized carbons (Fsp3) is 0.235. The molecule has 0 aliphatic heterocycles. The fourth-order valence-corrected chi connectivity index (χ4v) is 3.46. The second kappa shape index (κ2) is 7.06. The first kappa shape index (κ1) is 21.2. The van der Waals surface area contributed by atoms with Gasteiger partial charge in [-0.2, -0.15) is 25.8 Å². The van der Waals surface area contributed by atoms with Crippen molar-refractivity contribution in [2.75, 3.05) is 5.75 Å². The van der Waals surface area contributed by atoms with Gasteiger partial charge in [-0.3, -0.25) is 14.2 Å². The highest BCUT2D eigenvalue weighted by molar-refractivity contribution is 7.81. The Kier molecular flexibility index (Phi) is 5.16. The van der Waals surface area contributed by atoms with Gasteiger partial charge in [-0.25, -0.2) is 13.8 Å². The number of hydrogen-bond donors (Lipinski definition) is 1. The number of ketones is 1. The van der Waals surface area contributed by atoms with Crippen molar-refractivity contribution >= 4 is 41.0 Å². The molecule has 0 radical (unpaired) electrons. The summed E-state index contributed by atoms with van der Waals surface area (Å²) >= 11 is 9.93. The predicted molar refractivity (Wildman–Crippen MR) is 99.9 cm³/mol. The van der Waals surface area contributed by atoms with Gasteiger partial charge < -0.3 is 4.42 Å². The second-order valence-corrected chi connectivity index (χ2v) is 6.77. The predicted octanol–water partition coefficient (Wildman–Crippen LogP) is 3.51. The number of carbonyl (C=O) groups is 1. The van der Waals surface area contributed by atoms with Gasteiger partial charge >= 0.3 is 11.9 Å². The van der Waals surface area contributed by atoms with E-state index in [1.54, 1.807) is 0 Å². The maximum absolute atomic E-state index is 14.7. The van der Waals surface area contributed by atoms with Crippen molar-refractivity contribution in [3.63, 3.8) is 0 Å². The maximum Gasteiger partial charge on any atom is 0.431 e. The fourth-order valence-electron chi connectivity index (χ4n) is 3.03. The van der Waals surface area contributed by atoms with Gasteiger partial charge in [0.25, 0.3) is 5.56 Å². The van der Waals surface area contributed by atoms with Gasteiger partial charge in [-0.15, -0.1) is 0 Å². The molecular weight excluding hydrogens is 440 g/mol. The number of halogens is 5. The molecule has 0 saturated heterocycles. The summed E-state index contributed by atoms with van der Waals surface area (Å²) in [5, 5.41) is -0.312. The van der Waals surface area contributed by atoms with Crippen LogP contribution in [-0.4, -0.2) is 20.7 Å². The van der Waals surface area contributed by atoms with Crippen LogP contribution in [0.25, 0.3) is 16.7 Å². The number of benzene rings is 1. The van der Waals surface area contributed by atoms with Gasteiger partial charge in [0.15, 0.2) is 17.2 Å². The lowest BCUT2D eigenvalue weighted by Crippen LogP contribution is -2.41. The van der Waals surface area contributed by atoms with E-state index < -0.39 is 46.0 Å². The smallest absolute Gasteiger partial charge is 0.431 e. The number of aromatic nitrogens is 2. The molecule has 0 amide bonds. The summed E-state index contributed by atoms with van der Waals surface area (Å²) in [6, 6.07) is 0.907. The summed E-state index contributed by atoms with van der Waals surface area (Å²) < 4.78 is 59.7. The zero-order valence-corrected chi connectivity index (χ0v) is 16.4. The Hall–Kier alpha value is -2.53. The average molecular weight is 451 g/mol. The molecule has 3 rings (SSSR count). The molecule has 0 fully saturated rings. The number of fused-ring (bicyclic) bond motifs is 1. The lowest BCUT2D eigenvalue weighted by molar-refractivity contribution is -0.144. The highest BCUT2D eigenvalue weighted by Gasteiger charge is 2.36. The largest absolute Gasteiger partial charge is 0.458 e. The summed E-state index contributed by atoms with van der Waals surface area (Å²) in [4.78, 5) is 37.1. The highest BCUT2D eigenvalue weighted by Crippen LogP contribution is 2.37. The van der Waals surface area contributed by atoms with Crippen LogP contribution in [0.3, 0.4) is 0 Å². The average Bonchev–Trinajstić information content (AvgIpc) is 2.96. The van der Waals surface area contributed by atoms with Crippen LogP contribution >= 0.6 is 24.2 Å². The topological polar surface area (TPSA) is 74.2 Å². The number of thiol groups is 1. The summed E-state index contributed by atoms with van der Waals surface area (Å²) in [7, 11) is 0.787. The Morgan fingerprint density at radius 1 is 1.28 bits per heavy atom. The lowest BCUT2D eigenvalue weighted by atomic mass is 10.1. The molecule has 29 heavy (non-hydrogen) atoms. The molecule has 0 aliphatic rings. The zero-order valence-electron chi connectivity index (χ0n) is 14.7. The summed E-state index contributed by atoms with van der Waals surface area (Å²) in [5.41, 5.74) is -5.59. The molecule has 0 unspecified atom stereocenters. The molecule has 1 aromatic carbocycles. The Morgan fingerprint density at radius 3 is 2.45 bits per heavy atom. The van der Waals surface area contributed by atoms with Gasteiger partial charge in [-0.1, -0.05) is 11.6 Å². The number of Topliss-reactive ketones (excluding diaryl/α,β-unsaturated/α-hetero) is 1. The van der Waals surface area contributed by atoms with E-state index in [2.05, 4.69) is 12.6 Å². The quantitative estimate of drug-likeness (QED) is 0.376. The third-order valence-corrected chi connectivity index (χ3v) is 4.86. The Labute approximate surface area is 169 Å². The number of furan rings is 1. The van der Waals surface area contributed by atoms with Crippen molar-refractivity contribution in [3.8, 4) is 5.69 Å². The Balaban J connectivity index is 2.50. The summed E-state index contributed by atoms with van der Waals surface area (Å²) in [6.07, 6.45) is -4.98. The minimum absolute atomic E-state index is 0.0181. The Bertz CT molecular complexity index is 1290. The van der Waals surface area contributed by atoms with Crippen molar-refractivity contribution in [1.82, 2.24) is 9.13 Å². The first-order valence-corrected chi connectivity index (χ1v) is 8.87. The van der Waals surface area contributed by atoms with Crippen LogP contribution in [0.1, 0.15) is 21.8 Å². The van der Waals surface area contributed by atoms with Crippen molar-refractivity contribution in [1.29, 1.82) is 0 Å². The summed E-state index contributed by atoms with van der Waals surface area (Å²) in [5.74, 6) is -1.93. The molecule has 2 aromatic heterocycles. The SMILES string of the molecule is Cc1oc2c(-n3c(=O)cc(C(F)(F)F)n(C)c3=O)c(F)cc(Cl)c2c1C(=O)CS. The third kappa shape index (κ3) is 3.27. The first-order chi connectivity index (χ1) is 13.4. The van der Waals surface area contributed by atoms with Crippen molar-refractivity contribution < 1.29 is 26.8 Å². The van der Waals surface area contributed by atoms with Gasteiger partial charge in [0, 0.05) is 13.1 Å². The van der Waals surface area contributed by atoms with Gasteiger partial charge in [0.05, 0.1) is 21.7 Å². The second-order valence-electron chi connectivity index (χ2n) is 6.05. The zero-order chi connectivity index (χ0) is 21.8. The van der Waals surface area contributed by atoms with E-state index in [0.29, 0.717) is 0 Å². The van der Waals surface area contributed by atoms with Crippen LogP contribution in [-0.2, 0) is 13.2 Å². The number of alkyl halides is 3. The molecule has 0 bridgehead atoms. The monoisotopic (exact) mass is 450 g/mol. The molecular formula is C17H11ClF4N2O4S. The molecule has 2 heterocycles. The van der Waals surface area contributed by atoms with Crippen molar-refractivity contribution in [3.05, 3.63) is 60.8 Å². The third-order valence-electron chi connectivity index (χ3n) is 4.27. The molecule has 0 spiro atoms. The van der Waals surface area contributed by atoms with Crippen LogP contribution in [0, 0.1) is 12.7 Å². The Morgan fingerprint density at radius 2 is 1.90 bits per heavy atom. The number of carbonyl (C=O) groups excluding carboxylic acids is 1. The number of aryl methyl sites for hydroxylation is 1. The van der Waals surface area contributed by atoms with E-state index >= 15 is 0 Å². The van der Waals surface area contributed by atoms with E-state index in [1.165, 1.54) is 6.92 Å². The van der Waals surface area contributed by atoms with E-state index in [-0.39, 0.29) is 42.7 Å². The molecule has 12 heteroatoms. The van der Waals surface area contributed by atoms with E-state index in [9.17, 15) is 31.9 Å². The van der Waals surface area contributed by atoms with E-state index in [4.69, 9.17) is 16.0 Å². The van der Waals surface area contributed by atoms with Crippen molar-refractivity contribution in [2.24, 2.45) is 7.05 Å². The molecule has 0 saturated carbocycles. The van der Waals surface area contributed by atoms with E-state index in [1.807, 2.05) is 0 Å². The molecule has 6 nitrogen and oxygen atoms in total. The van der Waals surface area contributed by atoms with Crippen molar-refractivity contribution in [2.45, 2.75) is 13.1 Å². The van der Waals surface area contributed by atoms with Gasteiger partial charge in [-0.05, 0) is 13.0 Å². The normalized spacial score (nSPS) is 12.0. The highest BCUT2D eigenvalue weighted by atomic mass is 35.5. The number of rotatable bonds is 3. The van der Waals surface area contributed by atoms with Gasteiger partial charge in [0.1, 0.15) is 17.1 Å². The molecule has 3 aromatic rings. The molecule has 0 aliphatic carbocycles.